The first-order chi connectivity index (χ1) is 10.1. The Balaban J connectivity index is 2.01. The standard InChI is InChI=1S/C14H11ClN4OS/c1-9-5-6-12(20-9)8-16-19-13(17-18-14(19)21)10-3-2-4-11(15)7-10/h2-8H,1H3,(H,18,21)/b16-8-. The molecule has 3 aromatic rings. The number of aromatic nitrogens is 3. The maximum absolute atomic E-state index is 6.00. The van der Waals surface area contributed by atoms with Crippen molar-refractivity contribution >= 4 is 30.0 Å². The van der Waals surface area contributed by atoms with Gasteiger partial charge in [0, 0.05) is 10.6 Å². The Morgan fingerprint density at radius 1 is 1.38 bits per heavy atom. The lowest BCUT2D eigenvalue weighted by molar-refractivity contribution is 0.527. The Morgan fingerprint density at radius 3 is 2.95 bits per heavy atom. The zero-order valence-corrected chi connectivity index (χ0v) is 12.6. The topological polar surface area (TPSA) is 59.1 Å². The van der Waals surface area contributed by atoms with Crippen LogP contribution < -0.4 is 0 Å². The summed E-state index contributed by atoms with van der Waals surface area (Å²) in [4.78, 5) is 0. The molecule has 0 amide bonds. The van der Waals surface area contributed by atoms with Gasteiger partial charge in [-0.15, -0.1) is 0 Å². The Kier molecular flexibility index (Phi) is 3.72. The van der Waals surface area contributed by atoms with Crippen LogP contribution in [0, 0.1) is 11.7 Å². The number of nitrogens with one attached hydrogen (secondary N) is 1. The number of furan rings is 1. The predicted octanol–water partition coefficient (Wildman–Crippen LogP) is 4.04. The van der Waals surface area contributed by atoms with Crippen molar-refractivity contribution in [1.82, 2.24) is 14.9 Å². The lowest BCUT2D eigenvalue weighted by Gasteiger charge is -2.00. The molecular formula is C14H11ClN4OS. The van der Waals surface area contributed by atoms with Crippen molar-refractivity contribution in [3.63, 3.8) is 0 Å². The maximum Gasteiger partial charge on any atom is 0.216 e. The van der Waals surface area contributed by atoms with Crippen LogP contribution in [-0.2, 0) is 0 Å². The zero-order chi connectivity index (χ0) is 14.8. The quantitative estimate of drug-likeness (QED) is 0.585. The molecule has 5 nitrogen and oxygen atoms in total. The van der Waals surface area contributed by atoms with Gasteiger partial charge in [0.2, 0.25) is 4.77 Å². The summed E-state index contributed by atoms with van der Waals surface area (Å²) in [6.45, 7) is 1.87. The molecule has 106 valence electrons. The average molecular weight is 319 g/mol. The van der Waals surface area contributed by atoms with Gasteiger partial charge in [0.1, 0.15) is 11.5 Å². The van der Waals surface area contributed by atoms with Gasteiger partial charge in [-0.1, -0.05) is 23.7 Å². The highest BCUT2D eigenvalue weighted by atomic mass is 35.5. The highest BCUT2D eigenvalue weighted by molar-refractivity contribution is 7.71. The molecule has 0 aliphatic heterocycles. The summed E-state index contributed by atoms with van der Waals surface area (Å²) in [6.07, 6.45) is 1.59. The van der Waals surface area contributed by atoms with E-state index in [1.54, 1.807) is 18.3 Å². The van der Waals surface area contributed by atoms with E-state index in [2.05, 4.69) is 15.3 Å². The summed E-state index contributed by atoms with van der Waals surface area (Å²) in [5, 5.41) is 11.8. The van der Waals surface area contributed by atoms with Crippen LogP contribution in [0.3, 0.4) is 0 Å². The molecule has 2 heterocycles. The molecule has 0 saturated heterocycles. The van der Waals surface area contributed by atoms with E-state index < -0.39 is 0 Å². The SMILES string of the molecule is Cc1ccc(/C=N\n2c(-c3cccc(Cl)c3)n[nH]c2=S)o1. The third kappa shape index (κ3) is 2.96. The molecule has 0 unspecified atom stereocenters. The largest absolute Gasteiger partial charge is 0.460 e. The second-order valence-corrected chi connectivity index (χ2v) is 5.19. The molecule has 1 N–H and O–H groups in total. The lowest BCUT2D eigenvalue weighted by Crippen LogP contribution is -1.94. The number of nitrogens with zero attached hydrogens (tertiary/aromatic N) is 3. The summed E-state index contributed by atoms with van der Waals surface area (Å²) in [5.41, 5.74) is 0.822. The van der Waals surface area contributed by atoms with Crippen LogP contribution in [0.4, 0.5) is 0 Å². The van der Waals surface area contributed by atoms with Crippen molar-refractivity contribution < 1.29 is 4.42 Å². The fourth-order valence-corrected chi connectivity index (χ4v) is 2.22. The lowest BCUT2D eigenvalue weighted by atomic mass is 10.2. The monoisotopic (exact) mass is 318 g/mol. The average Bonchev–Trinajstić information content (AvgIpc) is 3.03. The van der Waals surface area contributed by atoms with E-state index in [-0.39, 0.29) is 0 Å². The van der Waals surface area contributed by atoms with Gasteiger partial charge < -0.3 is 4.42 Å². The van der Waals surface area contributed by atoms with E-state index in [0.29, 0.717) is 21.4 Å². The van der Waals surface area contributed by atoms with Crippen LogP contribution in [0.1, 0.15) is 11.5 Å². The Morgan fingerprint density at radius 2 is 2.24 bits per heavy atom. The molecule has 21 heavy (non-hydrogen) atoms. The number of hydrogen-bond donors (Lipinski definition) is 1. The smallest absolute Gasteiger partial charge is 0.216 e. The van der Waals surface area contributed by atoms with Crippen LogP contribution >= 0.6 is 23.8 Å². The molecular weight excluding hydrogens is 308 g/mol. The Labute approximate surface area is 130 Å². The van der Waals surface area contributed by atoms with E-state index in [1.807, 2.05) is 31.2 Å². The molecule has 0 atom stereocenters. The minimum Gasteiger partial charge on any atom is -0.460 e. The molecule has 0 aliphatic rings. The number of benzene rings is 1. The molecule has 0 radical (unpaired) electrons. The van der Waals surface area contributed by atoms with Crippen LogP contribution in [-0.4, -0.2) is 21.1 Å². The molecule has 3 rings (SSSR count). The molecule has 0 aliphatic carbocycles. The number of rotatable bonds is 3. The van der Waals surface area contributed by atoms with Gasteiger partial charge in [-0.3, -0.25) is 0 Å². The highest BCUT2D eigenvalue weighted by Crippen LogP contribution is 2.21. The van der Waals surface area contributed by atoms with Crippen LogP contribution in [0.2, 0.25) is 5.02 Å². The molecule has 0 spiro atoms. The fraction of sp³-hybridized carbons (Fsp3) is 0.0714. The first kappa shape index (κ1) is 13.8. The minimum atomic E-state index is 0.393. The molecule has 2 aromatic heterocycles. The molecule has 1 aromatic carbocycles. The number of hydrogen-bond acceptors (Lipinski definition) is 4. The van der Waals surface area contributed by atoms with Gasteiger partial charge in [-0.2, -0.15) is 14.9 Å². The van der Waals surface area contributed by atoms with Crippen LogP contribution in [0.25, 0.3) is 11.4 Å². The van der Waals surface area contributed by atoms with Gasteiger partial charge in [0.05, 0.1) is 6.21 Å². The van der Waals surface area contributed by atoms with E-state index in [4.69, 9.17) is 28.2 Å². The van der Waals surface area contributed by atoms with Crippen LogP contribution in [0.15, 0.2) is 45.9 Å². The Hall–Kier alpha value is -2.18. The minimum absolute atomic E-state index is 0.393. The van der Waals surface area contributed by atoms with Crippen molar-refractivity contribution in [1.29, 1.82) is 0 Å². The van der Waals surface area contributed by atoms with Crippen molar-refractivity contribution in [2.75, 3.05) is 0 Å². The summed E-state index contributed by atoms with van der Waals surface area (Å²) in [5.74, 6) is 2.05. The first-order valence-corrected chi connectivity index (χ1v) is 6.96. The third-order valence-electron chi connectivity index (χ3n) is 2.79. The second-order valence-electron chi connectivity index (χ2n) is 4.37. The maximum atomic E-state index is 6.00. The van der Waals surface area contributed by atoms with Gasteiger partial charge in [-0.05, 0) is 43.4 Å². The summed E-state index contributed by atoms with van der Waals surface area (Å²) in [7, 11) is 0. The summed E-state index contributed by atoms with van der Waals surface area (Å²) in [6, 6.07) is 11.0. The summed E-state index contributed by atoms with van der Waals surface area (Å²) < 4.78 is 7.36. The van der Waals surface area contributed by atoms with Gasteiger partial charge >= 0.3 is 0 Å². The predicted molar refractivity (Wildman–Crippen MR) is 84.3 cm³/mol. The van der Waals surface area contributed by atoms with Crippen molar-refractivity contribution in [2.24, 2.45) is 5.10 Å². The van der Waals surface area contributed by atoms with Gasteiger partial charge in [0.15, 0.2) is 5.82 Å². The van der Waals surface area contributed by atoms with Crippen LogP contribution in [0.5, 0.6) is 0 Å². The normalized spacial score (nSPS) is 11.3. The van der Waals surface area contributed by atoms with Crippen molar-refractivity contribution in [3.05, 3.63) is 57.7 Å². The molecule has 7 heteroatoms. The van der Waals surface area contributed by atoms with Crippen molar-refractivity contribution in [2.45, 2.75) is 6.92 Å². The van der Waals surface area contributed by atoms with E-state index >= 15 is 0 Å². The fourth-order valence-electron chi connectivity index (χ4n) is 1.85. The second kappa shape index (κ2) is 5.67. The van der Waals surface area contributed by atoms with Crippen molar-refractivity contribution in [3.8, 4) is 11.4 Å². The molecule has 0 saturated carbocycles. The number of aromatic amines is 1. The molecule has 0 fully saturated rings. The third-order valence-corrected chi connectivity index (χ3v) is 3.29. The van der Waals surface area contributed by atoms with E-state index in [0.717, 1.165) is 11.3 Å². The number of halogens is 1. The van der Waals surface area contributed by atoms with Gasteiger partial charge in [-0.25, -0.2) is 5.10 Å². The number of H-pyrrole nitrogens is 1. The van der Waals surface area contributed by atoms with Gasteiger partial charge in [0.25, 0.3) is 0 Å². The van der Waals surface area contributed by atoms with E-state index in [1.165, 1.54) is 4.68 Å². The highest BCUT2D eigenvalue weighted by Gasteiger charge is 2.08. The van der Waals surface area contributed by atoms with E-state index in [9.17, 15) is 0 Å². The number of aryl methyl sites for hydroxylation is 1. The molecule has 0 bridgehead atoms. The zero-order valence-electron chi connectivity index (χ0n) is 11.1. The first-order valence-electron chi connectivity index (χ1n) is 6.17. The summed E-state index contributed by atoms with van der Waals surface area (Å²) >= 11 is 11.2. The Bertz CT molecular complexity index is 862.